The van der Waals surface area contributed by atoms with Crippen LogP contribution in [0, 0.1) is 11.6 Å². The SMILES string of the molecule is Cn1nc2c(c1-c1cc(F)cc(F)c1)C[C@H]1CCC[C@@H]2N1C(=O)c1ccc2ncncc2c1. The van der Waals surface area contributed by atoms with E-state index in [0.717, 1.165) is 53.2 Å². The van der Waals surface area contributed by atoms with Crippen LogP contribution in [-0.4, -0.2) is 36.6 Å². The van der Waals surface area contributed by atoms with Gasteiger partial charge in [0.25, 0.3) is 5.91 Å². The summed E-state index contributed by atoms with van der Waals surface area (Å²) in [5, 5.41) is 5.56. The second-order valence-corrected chi connectivity index (χ2v) is 8.81. The smallest absolute Gasteiger partial charge is 0.254 e. The van der Waals surface area contributed by atoms with Gasteiger partial charge >= 0.3 is 0 Å². The summed E-state index contributed by atoms with van der Waals surface area (Å²) in [6, 6.07) is 8.87. The van der Waals surface area contributed by atoms with Crippen molar-refractivity contribution in [3.8, 4) is 11.3 Å². The monoisotopic (exact) mass is 445 g/mol. The van der Waals surface area contributed by atoms with Crippen molar-refractivity contribution >= 4 is 16.8 Å². The number of hydrogen-bond acceptors (Lipinski definition) is 4. The molecule has 1 saturated heterocycles. The molecule has 4 aromatic rings. The number of amides is 1. The highest BCUT2D eigenvalue weighted by molar-refractivity contribution is 5.98. The Morgan fingerprint density at radius 1 is 1.09 bits per heavy atom. The third-order valence-electron chi connectivity index (χ3n) is 6.80. The van der Waals surface area contributed by atoms with Gasteiger partial charge in [-0.15, -0.1) is 0 Å². The maximum Gasteiger partial charge on any atom is 0.254 e. The van der Waals surface area contributed by atoms with Gasteiger partial charge in [0, 0.05) is 47.4 Å². The Morgan fingerprint density at radius 3 is 2.73 bits per heavy atom. The predicted octanol–water partition coefficient (Wildman–Crippen LogP) is 4.60. The Bertz CT molecular complexity index is 1400. The summed E-state index contributed by atoms with van der Waals surface area (Å²) in [4.78, 5) is 23.9. The summed E-state index contributed by atoms with van der Waals surface area (Å²) >= 11 is 0. The molecular formula is C25H21F2N5O. The second-order valence-electron chi connectivity index (χ2n) is 8.81. The van der Waals surface area contributed by atoms with Crippen LogP contribution in [0.1, 0.15) is 46.9 Å². The Labute approximate surface area is 188 Å². The van der Waals surface area contributed by atoms with Crippen molar-refractivity contribution in [1.82, 2.24) is 24.6 Å². The maximum atomic E-state index is 13.9. The van der Waals surface area contributed by atoms with Crippen LogP contribution in [-0.2, 0) is 13.5 Å². The molecule has 1 fully saturated rings. The Balaban J connectivity index is 1.42. The number of hydrogen-bond donors (Lipinski definition) is 0. The molecule has 0 spiro atoms. The first-order valence-corrected chi connectivity index (χ1v) is 11.0. The van der Waals surface area contributed by atoms with Crippen molar-refractivity contribution in [3.63, 3.8) is 0 Å². The molecule has 33 heavy (non-hydrogen) atoms. The molecule has 2 aromatic heterocycles. The van der Waals surface area contributed by atoms with E-state index in [1.807, 2.05) is 23.1 Å². The molecule has 0 aliphatic carbocycles. The van der Waals surface area contributed by atoms with E-state index in [1.165, 1.54) is 18.5 Å². The average Bonchev–Trinajstić information content (AvgIpc) is 3.13. The lowest BCUT2D eigenvalue weighted by molar-refractivity contribution is 0.0392. The highest BCUT2D eigenvalue weighted by atomic mass is 19.1. The zero-order chi connectivity index (χ0) is 22.7. The predicted molar refractivity (Wildman–Crippen MR) is 118 cm³/mol. The van der Waals surface area contributed by atoms with Crippen LogP contribution in [0.3, 0.4) is 0 Å². The van der Waals surface area contributed by atoms with E-state index in [4.69, 9.17) is 5.10 Å². The Kier molecular flexibility index (Phi) is 4.50. The molecule has 0 saturated carbocycles. The van der Waals surface area contributed by atoms with Crippen molar-refractivity contribution in [3.05, 3.63) is 77.4 Å². The number of carbonyl (C=O) groups excluding carboxylic acids is 1. The number of aromatic nitrogens is 4. The molecule has 0 unspecified atom stereocenters. The summed E-state index contributed by atoms with van der Waals surface area (Å²) in [6.07, 6.45) is 6.49. The van der Waals surface area contributed by atoms with Gasteiger partial charge in [-0.2, -0.15) is 5.10 Å². The highest BCUT2D eigenvalue weighted by Crippen LogP contribution is 2.45. The van der Waals surface area contributed by atoms with Crippen molar-refractivity contribution in [1.29, 1.82) is 0 Å². The van der Waals surface area contributed by atoms with Crippen LogP contribution in [0.4, 0.5) is 8.78 Å². The lowest BCUT2D eigenvalue weighted by atomic mass is 9.81. The van der Waals surface area contributed by atoms with Crippen molar-refractivity contribution < 1.29 is 13.6 Å². The van der Waals surface area contributed by atoms with Crippen LogP contribution < -0.4 is 0 Å². The van der Waals surface area contributed by atoms with Crippen LogP contribution in [0.15, 0.2) is 48.9 Å². The molecule has 6 rings (SSSR count). The molecule has 2 aliphatic heterocycles. The van der Waals surface area contributed by atoms with Gasteiger partial charge < -0.3 is 4.90 Å². The summed E-state index contributed by atoms with van der Waals surface area (Å²) in [7, 11) is 1.79. The molecule has 1 amide bonds. The molecule has 8 heteroatoms. The normalized spacial score (nSPS) is 19.5. The molecule has 2 bridgehead atoms. The molecule has 2 aromatic carbocycles. The van der Waals surface area contributed by atoms with E-state index < -0.39 is 11.6 Å². The average molecular weight is 445 g/mol. The van der Waals surface area contributed by atoms with Crippen LogP contribution in [0.25, 0.3) is 22.2 Å². The molecule has 0 radical (unpaired) electrons. The third kappa shape index (κ3) is 3.20. The van der Waals surface area contributed by atoms with Crippen molar-refractivity contribution in [2.24, 2.45) is 7.05 Å². The molecule has 4 heterocycles. The number of carbonyl (C=O) groups is 1. The maximum absolute atomic E-state index is 13.9. The number of piperidine rings is 1. The largest absolute Gasteiger partial charge is 0.327 e. The van der Waals surface area contributed by atoms with Crippen molar-refractivity contribution in [2.75, 3.05) is 0 Å². The Hall–Kier alpha value is -3.68. The van der Waals surface area contributed by atoms with Gasteiger partial charge in [-0.25, -0.2) is 18.7 Å². The van der Waals surface area contributed by atoms with Crippen molar-refractivity contribution in [2.45, 2.75) is 37.8 Å². The van der Waals surface area contributed by atoms with E-state index in [9.17, 15) is 13.6 Å². The van der Waals surface area contributed by atoms with E-state index in [0.29, 0.717) is 17.5 Å². The van der Waals surface area contributed by atoms with E-state index in [-0.39, 0.29) is 18.0 Å². The first-order chi connectivity index (χ1) is 16.0. The highest BCUT2D eigenvalue weighted by Gasteiger charge is 2.43. The minimum atomic E-state index is -0.618. The molecule has 0 N–H and O–H groups in total. The van der Waals surface area contributed by atoms with Gasteiger partial charge in [0.15, 0.2) is 0 Å². The lowest BCUT2D eigenvalue weighted by Crippen LogP contribution is -2.49. The molecule has 2 atom stereocenters. The van der Waals surface area contributed by atoms with Gasteiger partial charge in [-0.05, 0) is 56.0 Å². The third-order valence-corrected chi connectivity index (χ3v) is 6.80. The zero-order valence-corrected chi connectivity index (χ0v) is 18.0. The fourth-order valence-electron chi connectivity index (χ4n) is 5.47. The summed E-state index contributed by atoms with van der Waals surface area (Å²) in [5.74, 6) is -1.27. The minimum Gasteiger partial charge on any atom is -0.327 e. The van der Waals surface area contributed by atoms with Gasteiger partial charge in [0.05, 0.1) is 22.9 Å². The van der Waals surface area contributed by atoms with Gasteiger partial charge in [0.2, 0.25) is 0 Å². The number of benzene rings is 2. The summed E-state index contributed by atoms with van der Waals surface area (Å²) < 4.78 is 29.6. The first-order valence-electron chi connectivity index (χ1n) is 11.0. The summed E-state index contributed by atoms with van der Waals surface area (Å²) in [5.41, 5.74) is 4.38. The van der Waals surface area contributed by atoms with Crippen LogP contribution in [0.2, 0.25) is 0 Å². The molecule has 166 valence electrons. The number of halogens is 2. The van der Waals surface area contributed by atoms with Crippen LogP contribution >= 0.6 is 0 Å². The fourth-order valence-corrected chi connectivity index (χ4v) is 5.47. The second kappa shape index (κ2) is 7.43. The number of aryl methyl sites for hydroxylation is 1. The topological polar surface area (TPSA) is 63.9 Å². The molecule has 2 aliphatic rings. The van der Waals surface area contributed by atoms with Gasteiger partial charge in [-0.1, -0.05) is 0 Å². The Morgan fingerprint density at radius 2 is 1.91 bits per heavy atom. The molecular weight excluding hydrogens is 424 g/mol. The standard InChI is InChI=1S/C25H21F2N5O/c1-31-24(15-8-17(26)10-18(27)9-15)20-11-19-3-2-4-22(23(20)30-31)32(19)25(33)14-5-6-21-16(7-14)12-28-13-29-21/h5-10,12-13,19,22H,2-4,11H2,1H3/t19-,22+/m1/s1. The first kappa shape index (κ1) is 20.0. The van der Waals surface area contributed by atoms with E-state index in [1.54, 1.807) is 17.9 Å². The number of nitrogens with zero attached hydrogens (tertiary/aromatic N) is 5. The van der Waals surface area contributed by atoms with E-state index >= 15 is 0 Å². The van der Waals surface area contributed by atoms with E-state index in [2.05, 4.69) is 9.97 Å². The molecule has 6 nitrogen and oxygen atoms in total. The summed E-state index contributed by atoms with van der Waals surface area (Å²) in [6.45, 7) is 0. The lowest BCUT2D eigenvalue weighted by Gasteiger charge is -2.45. The number of rotatable bonds is 2. The van der Waals surface area contributed by atoms with Crippen LogP contribution in [0.5, 0.6) is 0 Å². The quantitative estimate of drug-likeness (QED) is 0.452. The minimum absolute atomic E-state index is 0.00725. The fraction of sp³-hybridized carbons (Fsp3) is 0.280. The number of fused-ring (bicyclic) bond motifs is 5. The van der Waals surface area contributed by atoms with Gasteiger partial charge in [0.1, 0.15) is 18.0 Å². The zero-order valence-electron chi connectivity index (χ0n) is 18.0. The van der Waals surface area contributed by atoms with Gasteiger partial charge in [-0.3, -0.25) is 9.48 Å².